The number of nitrogen functional groups attached to an aromatic ring is 2. The molecule has 6 nitrogen and oxygen atoms in total. The molecule has 0 amide bonds. The number of aromatic nitrogens is 2. The minimum absolute atomic E-state index is 0.0598. The molecule has 1 heterocycles. The highest BCUT2D eigenvalue weighted by atomic mass is 19.1. The molecule has 0 aliphatic heterocycles. The van der Waals surface area contributed by atoms with Gasteiger partial charge in [-0.1, -0.05) is 0 Å². The molecule has 6 N–H and O–H groups in total. The van der Waals surface area contributed by atoms with Crippen molar-refractivity contribution in [1.82, 2.24) is 9.97 Å². The fourth-order valence-corrected chi connectivity index (χ4v) is 2.08. The Morgan fingerprint density at radius 1 is 0.731 bits per heavy atom. The van der Waals surface area contributed by atoms with Gasteiger partial charge in [0.15, 0.2) is 11.6 Å². The van der Waals surface area contributed by atoms with Gasteiger partial charge in [-0.05, 0) is 30.3 Å². The van der Waals surface area contributed by atoms with Crippen LogP contribution in [0.3, 0.4) is 0 Å². The number of anilines is 6. The summed E-state index contributed by atoms with van der Waals surface area (Å²) in [6.07, 6.45) is 1.31. The van der Waals surface area contributed by atoms with Crippen LogP contribution in [0.25, 0.3) is 0 Å². The summed E-state index contributed by atoms with van der Waals surface area (Å²) in [5.74, 6) is -3.69. The van der Waals surface area contributed by atoms with Gasteiger partial charge < -0.3 is 22.1 Å². The molecule has 2 aromatic carbocycles. The summed E-state index contributed by atoms with van der Waals surface area (Å²) in [6, 6.07) is 5.66. The van der Waals surface area contributed by atoms with Crippen molar-refractivity contribution < 1.29 is 17.6 Å². The van der Waals surface area contributed by atoms with Crippen LogP contribution in [0.15, 0.2) is 36.5 Å². The van der Waals surface area contributed by atoms with E-state index in [0.717, 1.165) is 24.3 Å². The van der Waals surface area contributed by atoms with Gasteiger partial charge in [0.25, 0.3) is 0 Å². The number of benzene rings is 2. The summed E-state index contributed by atoms with van der Waals surface area (Å²) >= 11 is 0. The summed E-state index contributed by atoms with van der Waals surface area (Å²) in [5.41, 5.74) is 9.05. The van der Waals surface area contributed by atoms with Crippen molar-refractivity contribution in [2.45, 2.75) is 0 Å². The first-order valence-electron chi connectivity index (χ1n) is 7.21. The Balaban J connectivity index is 1.85. The van der Waals surface area contributed by atoms with Crippen LogP contribution in [0.4, 0.5) is 52.1 Å². The molecule has 1 aromatic heterocycles. The normalized spacial score (nSPS) is 10.6. The second-order valence-electron chi connectivity index (χ2n) is 5.16. The van der Waals surface area contributed by atoms with E-state index >= 15 is 0 Å². The van der Waals surface area contributed by atoms with Gasteiger partial charge in [0.2, 0.25) is 5.95 Å². The number of nitrogens with two attached hydrogens (primary N) is 2. The third kappa shape index (κ3) is 3.29. The van der Waals surface area contributed by atoms with Crippen LogP contribution in [-0.2, 0) is 0 Å². The number of hydrogen-bond donors (Lipinski definition) is 4. The number of nitrogens with zero attached hydrogens (tertiary/aromatic N) is 2. The van der Waals surface area contributed by atoms with Crippen molar-refractivity contribution in [2.24, 2.45) is 0 Å². The largest absolute Gasteiger partial charge is 0.394 e. The Hall–Kier alpha value is -3.56. The zero-order valence-electron chi connectivity index (χ0n) is 13.0. The molecule has 0 saturated carbocycles. The Labute approximate surface area is 144 Å². The topological polar surface area (TPSA) is 102 Å². The van der Waals surface area contributed by atoms with Gasteiger partial charge in [0.1, 0.15) is 28.8 Å². The molecule has 0 aliphatic carbocycles. The number of halogens is 4. The van der Waals surface area contributed by atoms with Gasteiger partial charge in [-0.2, -0.15) is 4.98 Å². The number of nitrogens with one attached hydrogen (secondary N) is 2. The molecule has 0 saturated heterocycles. The van der Waals surface area contributed by atoms with Crippen molar-refractivity contribution in [3.05, 3.63) is 59.8 Å². The van der Waals surface area contributed by atoms with Crippen molar-refractivity contribution >= 4 is 34.5 Å². The Bertz CT molecular complexity index is 904. The van der Waals surface area contributed by atoms with Crippen molar-refractivity contribution in [1.29, 1.82) is 0 Å². The van der Waals surface area contributed by atoms with Crippen LogP contribution in [0.1, 0.15) is 0 Å². The molecule has 0 radical (unpaired) electrons. The van der Waals surface area contributed by atoms with Crippen molar-refractivity contribution in [2.75, 3.05) is 22.1 Å². The fraction of sp³-hybridized carbons (Fsp3) is 0. The second-order valence-corrected chi connectivity index (χ2v) is 5.16. The first-order valence-corrected chi connectivity index (χ1v) is 7.21. The van der Waals surface area contributed by atoms with Crippen molar-refractivity contribution in [3.63, 3.8) is 0 Å². The fourth-order valence-electron chi connectivity index (χ4n) is 2.08. The van der Waals surface area contributed by atoms with Gasteiger partial charge in [-0.15, -0.1) is 0 Å². The molecule has 0 atom stereocenters. The summed E-state index contributed by atoms with van der Waals surface area (Å²) < 4.78 is 54.3. The van der Waals surface area contributed by atoms with Gasteiger partial charge in [-0.3, -0.25) is 0 Å². The molecule has 3 rings (SSSR count). The average Bonchev–Trinajstić information content (AvgIpc) is 2.63. The standard InChI is InChI=1S/C16H12F4N6/c17-7-1-3-9(12(19)14(7)21)24-11-5-6-23-16(26-11)25-10-4-2-8(18)15(22)13(10)20/h1-6H,21-22H2,(H2,23,24,25,26). The van der Waals surface area contributed by atoms with Gasteiger partial charge in [-0.25, -0.2) is 22.5 Å². The Morgan fingerprint density at radius 3 is 1.85 bits per heavy atom. The molecule has 0 unspecified atom stereocenters. The molecule has 10 heteroatoms. The smallest absolute Gasteiger partial charge is 0.229 e. The third-order valence-electron chi connectivity index (χ3n) is 3.42. The molecule has 26 heavy (non-hydrogen) atoms. The van der Waals surface area contributed by atoms with E-state index in [9.17, 15) is 17.6 Å². The van der Waals surface area contributed by atoms with Gasteiger partial charge >= 0.3 is 0 Å². The van der Waals surface area contributed by atoms with E-state index in [1.807, 2.05) is 0 Å². The molecular formula is C16H12F4N6. The average molecular weight is 364 g/mol. The maximum absolute atomic E-state index is 13.9. The molecule has 0 bridgehead atoms. The summed E-state index contributed by atoms with van der Waals surface area (Å²) in [6.45, 7) is 0. The first-order chi connectivity index (χ1) is 12.4. The van der Waals surface area contributed by atoms with E-state index in [-0.39, 0.29) is 23.1 Å². The third-order valence-corrected chi connectivity index (χ3v) is 3.42. The first kappa shape index (κ1) is 17.3. The van der Waals surface area contributed by atoms with E-state index < -0.39 is 34.6 Å². The monoisotopic (exact) mass is 364 g/mol. The molecule has 0 spiro atoms. The van der Waals surface area contributed by atoms with E-state index in [1.54, 1.807) is 0 Å². The lowest BCUT2D eigenvalue weighted by Crippen LogP contribution is -2.05. The number of hydrogen-bond acceptors (Lipinski definition) is 6. The molecule has 3 aromatic rings. The lowest BCUT2D eigenvalue weighted by Gasteiger charge is -2.11. The number of rotatable bonds is 4. The SMILES string of the molecule is Nc1c(F)ccc(Nc2ccnc(Nc3ccc(F)c(N)c3F)n2)c1F. The Kier molecular flexibility index (Phi) is 4.48. The van der Waals surface area contributed by atoms with Crippen molar-refractivity contribution in [3.8, 4) is 0 Å². The van der Waals surface area contributed by atoms with Gasteiger partial charge in [0, 0.05) is 6.20 Å². The highest BCUT2D eigenvalue weighted by Crippen LogP contribution is 2.27. The van der Waals surface area contributed by atoms with E-state index in [1.165, 1.54) is 12.3 Å². The second kappa shape index (κ2) is 6.75. The maximum atomic E-state index is 13.9. The quantitative estimate of drug-likeness (QED) is 0.416. The van der Waals surface area contributed by atoms with E-state index in [4.69, 9.17) is 11.5 Å². The molecule has 134 valence electrons. The van der Waals surface area contributed by atoms with Crippen LogP contribution in [0, 0.1) is 23.3 Å². The van der Waals surface area contributed by atoms with Crippen LogP contribution >= 0.6 is 0 Å². The zero-order chi connectivity index (χ0) is 18.8. The molecule has 0 fully saturated rings. The van der Waals surface area contributed by atoms with Crippen LogP contribution < -0.4 is 22.1 Å². The predicted octanol–water partition coefficient (Wildman–Crippen LogP) is 3.68. The lowest BCUT2D eigenvalue weighted by atomic mass is 10.2. The molecule has 0 aliphatic rings. The highest BCUT2D eigenvalue weighted by molar-refractivity contribution is 5.65. The summed E-state index contributed by atoms with van der Waals surface area (Å²) in [7, 11) is 0. The van der Waals surface area contributed by atoms with Crippen LogP contribution in [0.2, 0.25) is 0 Å². The summed E-state index contributed by atoms with van der Waals surface area (Å²) in [4.78, 5) is 7.90. The molecular weight excluding hydrogens is 352 g/mol. The predicted molar refractivity (Wildman–Crippen MR) is 90.1 cm³/mol. The highest BCUT2D eigenvalue weighted by Gasteiger charge is 2.13. The zero-order valence-corrected chi connectivity index (χ0v) is 13.0. The van der Waals surface area contributed by atoms with Crippen LogP contribution in [0.5, 0.6) is 0 Å². The minimum atomic E-state index is -0.996. The minimum Gasteiger partial charge on any atom is -0.394 e. The Morgan fingerprint density at radius 2 is 1.27 bits per heavy atom. The maximum Gasteiger partial charge on any atom is 0.229 e. The van der Waals surface area contributed by atoms with Gasteiger partial charge in [0.05, 0.1) is 11.4 Å². The lowest BCUT2D eigenvalue weighted by molar-refractivity contribution is 0.594. The van der Waals surface area contributed by atoms with Crippen LogP contribution in [-0.4, -0.2) is 9.97 Å². The summed E-state index contributed by atoms with van der Waals surface area (Å²) in [5, 5.41) is 5.15. The van der Waals surface area contributed by atoms with E-state index in [0.29, 0.717) is 0 Å². The van der Waals surface area contributed by atoms with E-state index in [2.05, 4.69) is 20.6 Å².